The standard InChI is InChI=1S/C38H52O13/c1-10-22(2)20-23(3)16-17-29(41)49-33-31(42)36(19-18-24(4)30(48-27(7)40)25(5)21-28-14-12-11-13-15-28)50-32(26(6)39)37(45,34(43)46-8)38(33,51-36)35(44)47-9/h11-17,22-23,25,30-33,42,45H,4,10,18-21H2,1-3,5-9H3/b17-16+/t22-,23+,25+,30+,31+,32+,33+,36-,37+,38-/m0/s1. The van der Waals surface area contributed by atoms with Crippen LogP contribution in [0.3, 0.4) is 0 Å². The molecule has 0 aliphatic carbocycles. The summed E-state index contributed by atoms with van der Waals surface area (Å²) in [7, 11) is 1.83. The molecule has 0 unspecified atom stereocenters. The van der Waals surface area contributed by atoms with E-state index in [0.29, 0.717) is 17.9 Å². The maximum Gasteiger partial charge on any atom is 0.346 e. The van der Waals surface area contributed by atoms with Crippen LogP contribution in [0.4, 0.5) is 0 Å². The molecule has 0 aromatic heterocycles. The van der Waals surface area contributed by atoms with Crippen LogP contribution in [0.2, 0.25) is 0 Å². The molecule has 282 valence electrons. The Hall–Kier alpha value is -3.91. The number of esters is 4. The van der Waals surface area contributed by atoms with E-state index in [4.69, 9.17) is 28.4 Å². The Kier molecular flexibility index (Phi) is 13.9. The first-order valence-electron chi connectivity index (χ1n) is 17.2. The molecule has 51 heavy (non-hydrogen) atoms. The normalized spacial score (nSPS) is 29.3. The van der Waals surface area contributed by atoms with Gasteiger partial charge in [-0.15, -0.1) is 0 Å². The van der Waals surface area contributed by atoms with E-state index in [2.05, 4.69) is 13.5 Å². The molecule has 0 spiro atoms. The van der Waals surface area contributed by atoms with Gasteiger partial charge in [-0.1, -0.05) is 77.1 Å². The van der Waals surface area contributed by atoms with E-state index in [1.807, 2.05) is 51.1 Å². The fourth-order valence-corrected chi connectivity index (χ4v) is 7.01. The zero-order valence-electron chi connectivity index (χ0n) is 30.7. The first-order chi connectivity index (χ1) is 23.9. The summed E-state index contributed by atoms with van der Waals surface area (Å²) in [6.45, 7) is 14.3. The zero-order chi connectivity index (χ0) is 38.3. The molecule has 13 nitrogen and oxygen atoms in total. The minimum absolute atomic E-state index is 0.0460. The highest BCUT2D eigenvalue weighted by molar-refractivity contribution is 6.00. The summed E-state index contributed by atoms with van der Waals surface area (Å²) in [5.74, 6) is -7.80. The molecule has 10 atom stereocenters. The van der Waals surface area contributed by atoms with Crippen LogP contribution in [-0.2, 0) is 58.8 Å². The van der Waals surface area contributed by atoms with Gasteiger partial charge in [0.25, 0.3) is 5.60 Å². The molecule has 0 radical (unpaired) electrons. The van der Waals surface area contributed by atoms with E-state index in [1.165, 1.54) is 6.92 Å². The highest BCUT2D eigenvalue weighted by Crippen LogP contribution is 2.56. The van der Waals surface area contributed by atoms with Gasteiger partial charge in [-0.2, -0.15) is 0 Å². The number of hydrogen-bond donors (Lipinski definition) is 2. The highest BCUT2D eigenvalue weighted by atomic mass is 16.8. The third-order valence-electron chi connectivity index (χ3n) is 9.77. The minimum atomic E-state index is -3.29. The molecule has 2 bridgehead atoms. The first-order valence-corrected chi connectivity index (χ1v) is 17.2. The molecule has 2 saturated heterocycles. The molecule has 2 aliphatic rings. The maximum absolute atomic E-state index is 13.8. The molecular formula is C38H52O13. The van der Waals surface area contributed by atoms with Crippen molar-refractivity contribution < 1.29 is 62.6 Å². The third-order valence-corrected chi connectivity index (χ3v) is 9.77. The Balaban J connectivity index is 2.08. The quantitative estimate of drug-likeness (QED) is 0.103. The molecule has 1 aromatic rings. The van der Waals surface area contributed by atoms with Crippen molar-refractivity contribution >= 4 is 29.7 Å². The van der Waals surface area contributed by atoms with Crippen LogP contribution >= 0.6 is 0 Å². The summed E-state index contributed by atoms with van der Waals surface area (Å²) in [6.07, 6.45) is -2.72. The fourth-order valence-electron chi connectivity index (χ4n) is 7.01. The lowest BCUT2D eigenvalue weighted by molar-refractivity contribution is -0.372. The molecule has 0 amide bonds. The van der Waals surface area contributed by atoms with E-state index in [9.17, 15) is 34.2 Å². The second-order valence-electron chi connectivity index (χ2n) is 13.8. The first kappa shape index (κ1) is 41.5. The van der Waals surface area contributed by atoms with Crippen molar-refractivity contribution in [2.45, 2.75) is 115 Å². The molecule has 3 rings (SSSR count). The van der Waals surface area contributed by atoms with E-state index >= 15 is 0 Å². The number of benzene rings is 1. The number of aliphatic hydroxyl groups excluding tert-OH is 1. The number of rotatable bonds is 17. The molecule has 1 aromatic carbocycles. The van der Waals surface area contributed by atoms with E-state index < -0.39 is 71.1 Å². The largest absolute Gasteiger partial charge is 0.467 e. The van der Waals surface area contributed by atoms with Crippen LogP contribution in [0.25, 0.3) is 0 Å². The average Bonchev–Trinajstić information content (AvgIpc) is 3.31. The van der Waals surface area contributed by atoms with Crippen molar-refractivity contribution in [3.05, 3.63) is 60.2 Å². The Morgan fingerprint density at radius 2 is 1.65 bits per heavy atom. The van der Waals surface area contributed by atoms with Crippen molar-refractivity contribution in [1.29, 1.82) is 0 Å². The monoisotopic (exact) mass is 716 g/mol. The van der Waals surface area contributed by atoms with Crippen molar-refractivity contribution in [1.82, 2.24) is 0 Å². The van der Waals surface area contributed by atoms with Crippen LogP contribution in [-0.4, -0.2) is 95.5 Å². The van der Waals surface area contributed by atoms with Crippen LogP contribution in [0.15, 0.2) is 54.6 Å². The van der Waals surface area contributed by atoms with Gasteiger partial charge >= 0.3 is 23.9 Å². The third kappa shape index (κ3) is 8.43. The molecule has 13 heteroatoms. The topological polar surface area (TPSA) is 181 Å². The van der Waals surface area contributed by atoms with Gasteiger partial charge in [0.05, 0.1) is 14.2 Å². The molecular weight excluding hydrogens is 664 g/mol. The average molecular weight is 717 g/mol. The molecule has 0 saturated carbocycles. The zero-order valence-corrected chi connectivity index (χ0v) is 30.7. The predicted octanol–water partition coefficient (Wildman–Crippen LogP) is 3.56. The van der Waals surface area contributed by atoms with E-state index in [1.54, 1.807) is 6.08 Å². The van der Waals surface area contributed by atoms with Gasteiger partial charge < -0.3 is 38.6 Å². The lowest BCUT2D eigenvalue weighted by atomic mass is 9.73. The van der Waals surface area contributed by atoms with Crippen molar-refractivity contribution in [2.24, 2.45) is 17.8 Å². The Morgan fingerprint density at radius 3 is 2.20 bits per heavy atom. The van der Waals surface area contributed by atoms with Crippen LogP contribution in [0.5, 0.6) is 0 Å². The van der Waals surface area contributed by atoms with E-state index in [-0.39, 0.29) is 24.7 Å². The van der Waals surface area contributed by atoms with Crippen molar-refractivity contribution in [3.63, 3.8) is 0 Å². The number of aliphatic hydroxyl groups is 2. The van der Waals surface area contributed by atoms with Crippen LogP contribution in [0, 0.1) is 17.8 Å². The van der Waals surface area contributed by atoms with Crippen molar-refractivity contribution in [2.75, 3.05) is 14.2 Å². The summed E-state index contributed by atoms with van der Waals surface area (Å²) < 4.78 is 33.3. The van der Waals surface area contributed by atoms with Gasteiger partial charge in [0.1, 0.15) is 12.2 Å². The maximum atomic E-state index is 13.8. The lowest BCUT2D eigenvalue weighted by Crippen LogP contribution is -2.78. The smallest absolute Gasteiger partial charge is 0.346 e. The number of Topliss-reactive ketones (excluding diaryl/α,β-unsaturated/α-hetero) is 1. The molecule has 2 N–H and O–H groups in total. The number of hydrogen-bond acceptors (Lipinski definition) is 13. The van der Waals surface area contributed by atoms with Gasteiger partial charge in [-0.3, -0.25) is 9.59 Å². The van der Waals surface area contributed by atoms with Gasteiger partial charge in [0.15, 0.2) is 18.0 Å². The Bertz CT molecular complexity index is 1470. The second-order valence-corrected chi connectivity index (χ2v) is 13.8. The van der Waals surface area contributed by atoms with Crippen LogP contribution < -0.4 is 0 Å². The number of allylic oxidation sites excluding steroid dienone is 1. The summed E-state index contributed by atoms with van der Waals surface area (Å²) in [6, 6.07) is 9.52. The number of carbonyl (C=O) groups is 5. The number of ketones is 1. The van der Waals surface area contributed by atoms with Gasteiger partial charge in [0.2, 0.25) is 11.4 Å². The minimum Gasteiger partial charge on any atom is -0.467 e. The highest BCUT2D eigenvalue weighted by Gasteiger charge is 2.85. The molecule has 2 aliphatic heterocycles. The molecule has 2 heterocycles. The second kappa shape index (κ2) is 17.1. The van der Waals surface area contributed by atoms with Gasteiger partial charge in [-0.25, -0.2) is 14.4 Å². The Morgan fingerprint density at radius 1 is 1.02 bits per heavy atom. The summed E-state index contributed by atoms with van der Waals surface area (Å²) in [4.78, 5) is 65.8. The Labute approximate surface area is 299 Å². The fraction of sp³-hybridized carbons (Fsp3) is 0.605. The van der Waals surface area contributed by atoms with Crippen LogP contribution in [0.1, 0.15) is 72.8 Å². The SMILES string of the molecule is C=C(CC[C@]12O[C@H](C(C)=O)[C@@](O)(C(=O)OC)[C@](C(=O)OC)(O1)[C@H](OC(=O)/C=C/[C@@H](C)C[C@@H](C)CC)[C@H]2O)[C@@H](OC(C)=O)[C@H](C)Cc1ccccc1. The van der Waals surface area contributed by atoms with E-state index in [0.717, 1.165) is 45.6 Å². The number of fused-ring (bicyclic) bond motifs is 2. The lowest BCUT2D eigenvalue weighted by Gasteiger charge is -2.50. The number of methoxy groups -OCH3 is 2. The summed E-state index contributed by atoms with van der Waals surface area (Å²) >= 11 is 0. The van der Waals surface area contributed by atoms with Gasteiger partial charge in [-0.05, 0) is 49.2 Å². The number of ether oxygens (including phenoxy) is 6. The van der Waals surface area contributed by atoms with Gasteiger partial charge in [0, 0.05) is 25.3 Å². The number of carbonyl (C=O) groups excluding carboxylic acids is 5. The van der Waals surface area contributed by atoms with Crippen molar-refractivity contribution in [3.8, 4) is 0 Å². The predicted molar refractivity (Wildman–Crippen MR) is 183 cm³/mol. The summed E-state index contributed by atoms with van der Waals surface area (Å²) in [5, 5.41) is 24.0. The molecule has 2 fully saturated rings. The summed E-state index contributed by atoms with van der Waals surface area (Å²) in [5.41, 5.74) is -4.97.